The lowest BCUT2D eigenvalue weighted by Crippen LogP contribution is -2.10. The predicted octanol–water partition coefficient (Wildman–Crippen LogP) is 33.6. The largest absolute Gasteiger partial charge is 0.456 e. The quantitative estimate of drug-likeness (QED) is 0.0911. The molecule has 0 saturated heterocycles. The van der Waals surface area contributed by atoms with Crippen molar-refractivity contribution < 1.29 is 8.83 Å². The van der Waals surface area contributed by atoms with Crippen LogP contribution in [0.25, 0.3) is 199 Å². The maximum atomic E-state index is 6.96. The molecule has 0 radical (unpaired) electrons. The summed E-state index contributed by atoms with van der Waals surface area (Å²) in [6.07, 6.45) is 0. The smallest absolute Gasteiger partial charge is 0.136 e. The highest BCUT2D eigenvalue weighted by molar-refractivity contribution is 6.15. The number of furan rings is 2. The van der Waals surface area contributed by atoms with E-state index in [9.17, 15) is 0 Å². The van der Waals surface area contributed by atoms with Crippen LogP contribution in [-0.2, 0) is 0 Å². The van der Waals surface area contributed by atoms with Gasteiger partial charge in [-0.2, -0.15) is 0 Å². The third-order valence-electron chi connectivity index (χ3n) is 25.3. The van der Waals surface area contributed by atoms with Gasteiger partial charge >= 0.3 is 0 Å². The molecule has 4 aromatic heterocycles. The maximum Gasteiger partial charge on any atom is 0.136 e. The molecule has 0 amide bonds. The topological polar surface area (TPSA) is 42.6 Å². The molecule has 0 unspecified atom stereocenters. The van der Waals surface area contributed by atoms with Gasteiger partial charge in [0.25, 0.3) is 0 Å². The molecule has 0 spiro atoms. The van der Waals surface area contributed by atoms with Crippen LogP contribution in [0.5, 0.6) is 0 Å². The summed E-state index contributed by atoms with van der Waals surface area (Å²) in [5, 5.41) is 9.36. The number of nitrogens with zero attached hydrogens (tertiary/aromatic N) is 4. The fraction of sp³-hybridized carbons (Fsp3) is 0. The number of hydrogen-bond donors (Lipinski definition) is 0. The minimum absolute atomic E-state index is 0.827. The van der Waals surface area contributed by atoms with Gasteiger partial charge in [-0.1, -0.05) is 309 Å². The van der Waals surface area contributed by atoms with Crippen LogP contribution in [0, 0.1) is 0 Å². The monoisotopic (exact) mass is 1610 g/mol. The van der Waals surface area contributed by atoms with Crippen molar-refractivity contribution in [3.05, 3.63) is 473 Å². The minimum Gasteiger partial charge on any atom is -0.456 e. The van der Waals surface area contributed by atoms with Crippen molar-refractivity contribution in [3.8, 4) is 112 Å². The van der Waals surface area contributed by atoms with Crippen molar-refractivity contribution in [1.82, 2.24) is 9.13 Å². The van der Waals surface area contributed by atoms with E-state index in [1.165, 1.54) is 54.7 Å². The summed E-state index contributed by atoms with van der Waals surface area (Å²) in [5.41, 5.74) is 37.0. The zero-order chi connectivity index (χ0) is 83.1. The van der Waals surface area contributed by atoms with E-state index in [0.717, 1.165) is 178 Å². The minimum atomic E-state index is 0.827. The van der Waals surface area contributed by atoms with Crippen molar-refractivity contribution in [1.29, 1.82) is 0 Å². The van der Waals surface area contributed by atoms with Crippen molar-refractivity contribution in [3.63, 3.8) is 0 Å². The van der Waals surface area contributed by atoms with Gasteiger partial charge in [0.05, 0.1) is 22.1 Å². The van der Waals surface area contributed by atoms with E-state index >= 15 is 0 Å². The van der Waals surface area contributed by atoms with Crippen molar-refractivity contribution in [2.45, 2.75) is 0 Å². The second-order valence-corrected chi connectivity index (χ2v) is 32.6. The molecule has 4 heterocycles. The lowest BCUT2D eigenvalue weighted by molar-refractivity contribution is 0.668. The summed E-state index contributed by atoms with van der Waals surface area (Å²) in [5.74, 6) is 0. The molecule has 20 aromatic carbocycles. The van der Waals surface area contributed by atoms with E-state index in [2.05, 4.69) is 486 Å². The number of fused-ring (bicyclic) bond motifs is 12. The Balaban J connectivity index is 0.535. The molecule has 0 fully saturated rings. The molecule has 24 aromatic rings. The van der Waals surface area contributed by atoms with Gasteiger partial charge in [0.15, 0.2) is 0 Å². The van der Waals surface area contributed by atoms with E-state index in [1.807, 2.05) is 6.07 Å². The molecular weight excluding hydrogens is 1530 g/mol. The Morgan fingerprint density at radius 1 is 0.151 bits per heavy atom. The fourth-order valence-electron chi connectivity index (χ4n) is 19.3. The van der Waals surface area contributed by atoms with Crippen molar-refractivity contribution in [2.75, 3.05) is 9.80 Å². The molecule has 0 bridgehead atoms. The highest BCUT2D eigenvalue weighted by Gasteiger charge is 2.24. The summed E-state index contributed by atoms with van der Waals surface area (Å²) in [6.45, 7) is 0. The van der Waals surface area contributed by atoms with Crippen LogP contribution >= 0.6 is 0 Å². The third-order valence-corrected chi connectivity index (χ3v) is 25.3. The fourth-order valence-corrected chi connectivity index (χ4v) is 19.3. The Labute approximate surface area is 729 Å². The Bertz CT molecular complexity index is 8200. The molecule has 590 valence electrons. The first-order valence-corrected chi connectivity index (χ1v) is 43.1. The highest BCUT2D eigenvalue weighted by atomic mass is 16.3. The molecular formula is C120H78N4O2. The van der Waals surface area contributed by atoms with E-state index in [4.69, 9.17) is 8.83 Å². The van der Waals surface area contributed by atoms with E-state index in [-0.39, 0.29) is 0 Å². The van der Waals surface area contributed by atoms with Crippen molar-refractivity contribution in [2.24, 2.45) is 0 Å². The first-order chi connectivity index (χ1) is 62.4. The van der Waals surface area contributed by atoms with Gasteiger partial charge in [0, 0.05) is 88.6 Å². The molecule has 0 N–H and O–H groups in total. The van der Waals surface area contributed by atoms with Gasteiger partial charge in [-0.15, -0.1) is 0 Å². The zero-order valence-corrected chi connectivity index (χ0v) is 68.6. The first-order valence-electron chi connectivity index (χ1n) is 43.1. The lowest BCUT2D eigenvalue weighted by Gasteiger charge is -2.26. The Morgan fingerprint density at radius 3 is 1.01 bits per heavy atom. The summed E-state index contributed by atoms with van der Waals surface area (Å²) in [7, 11) is 0. The lowest BCUT2D eigenvalue weighted by atomic mass is 9.90. The molecule has 6 heteroatoms. The van der Waals surface area contributed by atoms with Gasteiger partial charge < -0.3 is 27.8 Å². The molecule has 0 aliphatic carbocycles. The number of para-hydroxylation sites is 6. The summed E-state index contributed by atoms with van der Waals surface area (Å²) >= 11 is 0. The number of rotatable bonds is 17. The van der Waals surface area contributed by atoms with E-state index in [1.54, 1.807) is 0 Å². The van der Waals surface area contributed by atoms with Gasteiger partial charge in [-0.25, -0.2) is 0 Å². The van der Waals surface area contributed by atoms with Crippen LogP contribution in [-0.4, -0.2) is 9.13 Å². The molecule has 6 nitrogen and oxygen atoms in total. The Hall–Kier alpha value is -16.8. The summed E-state index contributed by atoms with van der Waals surface area (Å²) in [4.78, 5) is 4.73. The van der Waals surface area contributed by atoms with Crippen LogP contribution in [0.1, 0.15) is 0 Å². The van der Waals surface area contributed by atoms with Crippen LogP contribution in [0.4, 0.5) is 34.1 Å². The number of aromatic nitrogens is 2. The van der Waals surface area contributed by atoms with Gasteiger partial charge in [0.2, 0.25) is 0 Å². The average Bonchev–Trinajstić information content (AvgIpc) is 1.59. The van der Waals surface area contributed by atoms with Crippen LogP contribution < -0.4 is 9.80 Å². The number of benzene rings is 20. The maximum absolute atomic E-state index is 6.96. The standard InChI is InChI=1S/C120H78N4O2/c1-3-23-84(24-4-1)101-71-61-89(90-62-72-109-118(78-90)126-117-48-22-41-103(120(109)117)92-29-19-32-98(75-92)121(93-30-5-2-6-31-93)94-65-55-82(56-66-94)86-25-17-26-87(73-86)83-57-67-97(68-58-83)123-111-42-12-7-35-104(111)105-36-8-13-43-112(105)123)77-110(101)85-59-69-96(70-60-85)122(99-33-20-28-91(76-99)102-40-21-47-116-119(102)108-39-11-16-46-115(108)125-116)95-63-53-80(54-64-95)79-49-51-81(52-50-79)88-27-18-34-100(74-88)124-113-44-14-9-37-106(113)107-38-10-15-45-114(107)124/h1-78H. The summed E-state index contributed by atoms with van der Waals surface area (Å²) < 4.78 is 18.2. The second kappa shape index (κ2) is 30.7. The molecule has 126 heavy (non-hydrogen) atoms. The molecule has 0 aliphatic rings. The number of hydrogen-bond acceptors (Lipinski definition) is 4. The normalized spacial score (nSPS) is 11.7. The Morgan fingerprint density at radius 2 is 0.476 bits per heavy atom. The van der Waals surface area contributed by atoms with Crippen molar-refractivity contribution >= 4 is 122 Å². The third kappa shape index (κ3) is 12.9. The van der Waals surface area contributed by atoms with E-state index < -0.39 is 0 Å². The first kappa shape index (κ1) is 73.1. The van der Waals surface area contributed by atoms with Crippen LogP contribution in [0.2, 0.25) is 0 Å². The molecule has 0 aliphatic heterocycles. The Kier molecular flexibility index (Phi) is 17.8. The highest BCUT2D eigenvalue weighted by Crippen LogP contribution is 2.48. The SMILES string of the molecule is c1ccc(-c2ccc(-c3ccc4c(c3)oc3cccc(-c5cccc(N(c6ccccc6)c6ccc(-c7cccc(-c8ccc(-n9c%10ccccc%10c%10ccccc%109)cc8)c7)cc6)c5)c34)cc2-c2ccc(N(c3ccc(-c4ccc(-c5cccc(-n6c7ccccc7c7ccccc76)c5)cc4)cc3)c3cccc(-c4cccc5oc6ccccc6c45)c3)cc2)cc1. The average molecular weight is 1610 g/mol. The molecule has 24 rings (SSSR count). The summed E-state index contributed by atoms with van der Waals surface area (Å²) in [6, 6.07) is 172. The van der Waals surface area contributed by atoms with Crippen LogP contribution in [0.3, 0.4) is 0 Å². The zero-order valence-electron chi connectivity index (χ0n) is 68.6. The number of anilines is 6. The van der Waals surface area contributed by atoms with Gasteiger partial charge in [-0.05, 0) is 264 Å². The molecule has 0 atom stereocenters. The van der Waals surface area contributed by atoms with E-state index in [0.29, 0.717) is 0 Å². The van der Waals surface area contributed by atoms with Gasteiger partial charge in [-0.3, -0.25) is 0 Å². The van der Waals surface area contributed by atoms with Gasteiger partial charge in [0.1, 0.15) is 22.3 Å². The molecule has 0 saturated carbocycles. The predicted molar refractivity (Wildman–Crippen MR) is 528 cm³/mol. The second-order valence-electron chi connectivity index (χ2n) is 32.6. The van der Waals surface area contributed by atoms with Crippen LogP contribution in [0.15, 0.2) is 482 Å².